The van der Waals surface area contributed by atoms with E-state index in [1.165, 1.54) is 6.07 Å². The van der Waals surface area contributed by atoms with Crippen LogP contribution in [-0.4, -0.2) is 13.7 Å². The van der Waals surface area contributed by atoms with Gasteiger partial charge in [-0.15, -0.1) is 0 Å². The first-order valence-corrected chi connectivity index (χ1v) is 5.05. The van der Waals surface area contributed by atoms with Gasteiger partial charge in [-0.2, -0.15) is 0 Å². The molecule has 0 aliphatic rings. The zero-order valence-electron chi connectivity index (χ0n) is 9.03. The van der Waals surface area contributed by atoms with Crippen LogP contribution >= 0.6 is 0 Å². The highest BCUT2D eigenvalue weighted by Gasteiger charge is 2.05. The predicted molar refractivity (Wildman–Crippen MR) is 61.8 cm³/mol. The summed E-state index contributed by atoms with van der Waals surface area (Å²) in [6, 6.07) is 6.65. The number of hydrogen-bond acceptors (Lipinski definition) is 4. The van der Waals surface area contributed by atoms with Crippen molar-refractivity contribution in [2.75, 3.05) is 13.7 Å². The number of nitrogens with two attached hydrogens (primary N) is 1. The molecule has 0 amide bonds. The molecule has 84 valence electrons. The summed E-state index contributed by atoms with van der Waals surface area (Å²) in [4.78, 5) is 11.8. The van der Waals surface area contributed by atoms with Gasteiger partial charge in [0.2, 0.25) is 0 Å². The van der Waals surface area contributed by atoms with Gasteiger partial charge in [-0.25, -0.2) is 0 Å². The van der Waals surface area contributed by atoms with Crippen LogP contribution < -0.4 is 15.9 Å². The maximum absolute atomic E-state index is 11.8. The molecule has 0 spiro atoms. The van der Waals surface area contributed by atoms with E-state index < -0.39 is 0 Å². The van der Waals surface area contributed by atoms with Gasteiger partial charge >= 0.3 is 0 Å². The van der Waals surface area contributed by atoms with Crippen LogP contribution in [0.2, 0.25) is 0 Å². The average Bonchev–Trinajstić information content (AvgIpc) is 2.29. The summed E-state index contributed by atoms with van der Waals surface area (Å²) in [6.07, 6.45) is 0.567. The molecule has 0 radical (unpaired) electrons. The number of methoxy groups -OCH3 is 1. The fourth-order valence-corrected chi connectivity index (χ4v) is 1.58. The Bertz CT molecular complexity index is 560. The summed E-state index contributed by atoms with van der Waals surface area (Å²) in [5.41, 5.74) is 5.92. The molecular formula is C12H13NO3. The minimum Gasteiger partial charge on any atom is -0.497 e. The Hall–Kier alpha value is -1.81. The maximum Gasteiger partial charge on any atom is 0.193 e. The number of ether oxygens (including phenoxy) is 1. The van der Waals surface area contributed by atoms with Gasteiger partial charge in [0.15, 0.2) is 5.43 Å². The van der Waals surface area contributed by atoms with E-state index in [1.807, 2.05) is 0 Å². The highest BCUT2D eigenvalue weighted by Crippen LogP contribution is 2.18. The lowest BCUT2D eigenvalue weighted by atomic mass is 10.2. The van der Waals surface area contributed by atoms with Crippen molar-refractivity contribution in [2.45, 2.75) is 6.42 Å². The second-order valence-corrected chi connectivity index (χ2v) is 3.48. The molecule has 0 saturated heterocycles. The molecule has 0 atom stereocenters. The monoisotopic (exact) mass is 219 g/mol. The van der Waals surface area contributed by atoms with E-state index >= 15 is 0 Å². The number of benzene rings is 1. The third-order valence-electron chi connectivity index (χ3n) is 2.38. The second-order valence-electron chi connectivity index (χ2n) is 3.48. The normalized spacial score (nSPS) is 10.6. The van der Waals surface area contributed by atoms with Gasteiger partial charge in [0, 0.05) is 12.5 Å². The smallest absolute Gasteiger partial charge is 0.193 e. The highest BCUT2D eigenvalue weighted by atomic mass is 16.5. The predicted octanol–water partition coefficient (Wildman–Crippen LogP) is 1.30. The first-order chi connectivity index (χ1) is 7.74. The van der Waals surface area contributed by atoms with Crippen molar-refractivity contribution >= 4 is 11.0 Å². The van der Waals surface area contributed by atoms with Crippen molar-refractivity contribution in [3.63, 3.8) is 0 Å². The molecule has 0 fully saturated rings. The van der Waals surface area contributed by atoms with Crippen molar-refractivity contribution in [1.29, 1.82) is 0 Å². The summed E-state index contributed by atoms with van der Waals surface area (Å²) in [5, 5.41) is 0.528. The molecule has 0 unspecified atom stereocenters. The standard InChI is InChI=1S/C12H13NO3/c1-15-8-2-3-12-10(6-8)11(14)7-9(16-12)4-5-13/h2-3,6-7H,4-5,13H2,1H3. The molecule has 2 N–H and O–H groups in total. The minimum atomic E-state index is -0.0661. The number of hydrogen-bond donors (Lipinski definition) is 1. The average molecular weight is 219 g/mol. The highest BCUT2D eigenvalue weighted by molar-refractivity contribution is 5.78. The lowest BCUT2D eigenvalue weighted by Crippen LogP contribution is -2.07. The van der Waals surface area contributed by atoms with Crippen LogP contribution in [0, 0.1) is 0 Å². The first kappa shape index (κ1) is 10.7. The van der Waals surface area contributed by atoms with E-state index in [0.29, 0.717) is 35.4 Å². The van der Waals surface area contributed by atoms with Crippen LogP contribution in [0.1, 0.15) is 5.76 Å². The molecule has 2 aromatic rings. The van der Waals surface area contributed by atoms with Crippen molar-refractivity contribution in [2.24, 2.45) is 5.73 Å². The molecule has 1 aromatic heterocycles. The molecule has 4 nitrogen and oxygen atoms in total. The van der Waals surface area contributed by atoms with Crippen LogP contribution in [-0.2, 0) is 6.42 Å². The fraction of sp³-hybridized carbons (Fsp3) is 0.250. The number of fused-ring (bicyclic) bond motifs is 1. The van der Waals surface area contributed by atoms with Crippen LogP contribution in [0.25, 0.3) is 11.0 Å². The van der Waals surface area contributed by atoms with Gasteiger partial charge in [0.05, 0.1) is 12.5 Å². The Balaban J connectivity index is 2.62. The second kappa shape index (κ2) is 4.37. The fourth-order valence-electron chi connectivity index (χ4n) is 1.58. The molecule has 4 heteroatoms. The molecule has 16 heavy (non-hydrogen) atoms. The van der Waals surface area contributed by atoms with E-state index in [0.717, 1.165) is 0 Å². The van der Waals surface area contributed by atoms with Gasteiger partial charge in [0.25, 0.3) is 0 Å². The molecule has 0 saturated carbocycles. The lowest BCUT2D eigenvalue weighted by Gasteiger charge is -2.03. The summed E-state index contributed by atoms with van der Waals surface area (Å²) in [7, 11) is 1.56. The third kappa shape index (κ3) is 1.92. The van der Waals surface area contributed by atoms with Gasteiger partial charge in [-0.05, 0) is 24.7 Å². The molecule has 0 bridgehead atoms. The zero-order chi connectivity index (χ0) is 11.5. The molecule has 0 aliphatic carbocycles. The zero-order valence-corrected chi connectivity index (χ0v) is 9.03. The van der Waals surface area contributed by atoms with Gasteiger partial charge in [-0.3, -0.25) is 4.79 Å². The van der Waals surface area contributed by atoms with Crippen LogP contribution in [0.3, 0.4) is 0 Å². The quantitative estimate of drug-likeness (QED) is 0.845. The van der Waals surface area contributed by atoms with Crippen molar-refractivity contribution in [3.05, 3.63) is 40.2 Å². The third-order valence-corrected chi connectivity index (χ3v) is 2.38. The Morgan fingerprint density at radius 2 is 2.19 bits per heavy atom. The SMILES string of the molecule is COc1ccc2oc(CCN)cc(=O)c2c1. The van der Waals surface area contributed by atoms with E-state index in [4.69, 9.17) is 14.9 Å². The summed E-state index contributed by atoms with van der Waals surface area (Å²) in [6.45, 7) is 0.463. The van der Waals surface area contributed by atoms with E-state index in [2.05, 4.69) is 0 Å². The van der Waals surface area contributed by atoms with Crippen molar-refractivity contribution in [3.8, 4) is 5.75 Å². The summed E-state index contributed by atoms with van der Waals surface area (Å²) in [5.74, 6) is 1.26. The van der Waals surface area contributed by atoms with Gasteiger partial charge in [-0.1, -0.05) is 0 Å². The Morgan fingerprint density at radius 1 is 1.38 bits per heavy atom. The summed E-state index contributed by atoms with van der Waals surface area (Å²) >= 11 is 0. The van der Waals surface area contributed by atoms with Crippen LogP contribution in [0.4, 0.5) is 0 Å². The lowest BCUT2D eigenvalue weighted by molar-refractivity contribution is 0.415. The Morgan fingerprint density at radius 3 is 2.88 bits per heavy atom. The Kier molecular flexibility index (Phi) is 2.92. The van der Waals surface area contributed by atoms with E-state index in [-0.39, 0.29) is 5.43 Å². The van der Waals surface area contributed by atoms with Crippen molar-refractivity contribution in [1.82, 2.24) is 0 Å². The minimum absolute atomic E-state index is 0.0661. The summed E-state index contributed by atoms with van der Waals surface area (Å²) < 4.78 is 10.6. The van der Waals surface area contributed by atoms with Gasteiger partial charge in [0.1, 0.15) is 17.1 Å². The topological polar surface area (TPSA) is 65.5 Å². The number of rotatable bonds is 3. The van der Waals surface area contributed by atoms with Crippen molar-refractivity contribution < 1.29 is 9.15 Å². The van der Waals surface area contributed by atoms with Crippen LogP contribution in [0.5, 0.6) is 5.75 Å². The molecule has 0 aliphatic heterocycles. The first-order valence-electron chi connectivity index (χ1n) is 5.05. The molecule has 2 rings (SSSR count). The Labute approximate surface area is 92.6 Å². The van der Waals surface area contributed by atoms with Gasteiger partial charge < -0.3 is 14.9 Å². The molecule has 1 aromatic carbocycles. The van der Waals surface area contributed by atoms with E-state index in [1.54, 1.807) is 25.3 Å². The maximum atomic E-state index is 11.8. The molecular weight excluding hydrogens is 206 g/mol. The van der Waals surface area contributed by atoms with E-state index in [9.17, 15) is 4.79 Å². The molecule has 1 heterocycles. The largest absolute Gasteiger partial charge is 0.497 e. The van der Waals surface area contributed by atoms with Crippen LogP contribution in [0.15, 0.2) is 33.5 Å².